The zero-order valence-electron chi connectivity index (χ0n) is 17.2. The molecule has 0 radical (unpaired) electrons. The van der Waals surface area contributed by atoms with E-state index in [4.69, 9.17) is 23.2 Å². The Hall–Kier alpha value is -1.11. The van der Waals surface area contributed by atoms with Crippen LogP contribution < -0.4 is 0 Å². The molecule has 0 amide bonds. The lowest BCUT2D eigenvalue weighted by Gasteiger charge is -2.33. The highest BCUT2D eigenvalue weighted by molar-refractivity contribution is 7.89. The van der Waals surface area contributed by atoms with Crippen LogP contribution in [-0.4, -0.2) is 44.3 Å². The number of hydrogen-bond acceptors (Lipinski definition) is 3. The van der Waals surface area contributed by atoms with Gasteiger partial charge in [0.2, 0.25) is 10.0 Å². The summed E-state index contributed by atoms with van der Waals surface area (Å²) in [4.78, 5) is 2.57. The van der Waals surface area contributed by atoms with Crippen LogP contribution >= 0.6 is 23.2 Å². The highest BCUT2D eigenvalue weighted by Crippen LogP contribution is 2.38. The smallest absolute Gasteiger partial charge is 0.243 e. The molecule has 0 spiro atoms. The largest absolute Gasteiger partial charge is 0.301 e. The predicted octanol–water partition coefficient (Wildman–Crippen LogP) is 5.38. The number of sulfonamides is 1. The number of fused-ring (bicyclic) bond motifs is 1. The first kappa shape index (κ1) is 22.6. The molecular formula is C22H28Cl2N2O2S. The van der Waals surface area contributed by atoms with Crippen LogP contribution in [0.3, 0.4) is 0 Å². The minimum absolute atomic E-state index is 0.0964. The molecule has 3 rings (SSSR count). The van der Waals surface area contributed by atoms with Crippen molar-refractivity contribution in [2.24, 2.45) is 0 Å². The van der Waals surface area contributed by atoms with Crippen LogP contribution in [0.1, 0.15) is 49.3 Å². The van der Waals surface area contributed by atoms with Gasteiger partial charge < -0.3 is 4.90 Å². The minimum atomic E-state index is -3.48. The van der Waals surface area contributed by atoms with Crippen LogP contribution in [-0.2, 0) is 16.6 Å². The third-order valence-electron chi connectivity index (χ3n) is 5.36. The maximum atomic E-state index is 13.0. The molecule has 29 heavy (non-hydrogen) atoms. The third kappa shape index (κ3) is 4.80. The summed E-state index contributed by atoms with van der Waals surface area (Å²) >= 11 is 12.7. The second-order valence-electron chi connectivity index (χ2n) is 7.68. The van der Waals surface area contributed by atoms with Gasteiger partial charge >= 0.3 is 0 Å². The lowest BCUT2D eigenvalue weighted by atomic mass is 9.85. The highest BCUT2D eigenvalue weighted by Gasteiger charge is 2.28. The van der Waals surface area contributed by atoms with Crippen LogP contribution in [0, 0.1) is 0 Å². The van der Waals surface area contributed by atoms with Gasteiger partial charge in [0.25, 0.3) is 0 Å². The van der Waals surface area contributed by atoms with Crippen LogP contribution in [0.2, 0.25) is 10.0 Å². The average Bonchev–Trinajstić information content (AvgIpc) is 2.68. The number of likely N-dealkylation sites (N-methyl/N-ethyl adjacent to an activating group) is 1. The molecule has 2 aromatic rings. The van der Waals surface area contributed by atoms with Crippen molar-refractivity contribution in [2.75, 3.05) is 26.7 Å². The number of rotatable bonds is 7. The van der Waals surface area contributed by atoms with E-state index < -0.39 is 10.0 Å². The molecule has 4 nitrogen and oxygen atoms in total. The normalized spacial score (nSPS) is 17.5. The first-order valence-corrected chi connectivity index (χ1v) is 12.2. The first-order valence-electron chi connectivity index (χ1n) is 10.0. The van der Waals surface area contributed by atoms with Gasteiger partial charge in [-0.25, -0.2) is 8.42 Å². The Labute approximate surface area is 184 Å². The molecule has 158 valence electrons. The second kappa shape index (κ2) is 9.36. The van der Waals surface area contributed by atoms with Crippen LogP contribution in [0.4, 0.5) is 0 Å². The van der Waals surface area contributed by atoms with Crippen molar-refractivity contribution in [3.63, 3.8) is 0 Å². The van der Waals surface area contributed by atoms with Gasteiger partial charge in [-0.3, -0.25) is 0 Å². The molecule has 1 unspecified atom stereocenters. The van der Waals surface area contributed by atoms with E-state index in [0.29, 0.717) is 28.0 Å². The summed E-state index contributed by atoms with van der Waals surface area (Å²) in [6, 6.07) is 11.1. The molecule has 0 aromatic heterocycles. The molecule has 1 aliphatic rings. The van der Waals surface area contributed by atoms with Gasteiger partial charge in [0.15, 0.2) is 0 Å². The molecule has 0 aliphatic carbocycles. The van der Waals surface area contributed by atoms with Crippen molar-refractivity contribution in [2.45, 2.75) is 44.0 Å². The monoisotopic (exact) mass is 454 g/mol. The van der Waals surface area contributed by atoms with Crippen molar-refractivity contribution < 1.29 is 8.42 Å². The van der Waals surface area contributed by atoms with E-state index in [2.05, 4.69) is 11.9 Å². The standard InChI is InChI=1S/C22H28Cl2N2O2S/c1-4-10-26(11-5-2)29(27,28)18-8-6-16(7-9-18)20-14-25(3)15-21-19(20)12-17(23)13-22(21)24/h6-9,12-13,20H,4-5,10-11,14-15H2,1-3H3. The Kier molecular flexibility index (Phi) is 7.28. The zero-order valence-corrected chi connectivity index (χ0v) is 19.5. The number of hydrogen-bond donors (Lipinski definition) is 0. The maximum absolute atomic E-state index is 13.0. The van der Waals surface area contributed by atoms with Crippen LogP contribution in [0.5, 0.6) is 0 Å². The van der Waals surface area contributed by atoms with Gasteiger partial charge in [0, 0.05) is 42.1 Å². The topological polar surface area (TPSA) is 40.6 Å². The van der Waals surface area contributed by atoms with E-state index in [1.54, 1.807) is 22.5 Å². The second-order valence-corrected chi connectivity index (χ2v) is 10.5. The van der Waals surface area contributed by atoms with E-state index in [-0.39, 0.29) is 5.92 Å². The SMILES string of the molecule is CCCN(CCC)S(=O)(=O)c1ccc(C2CN(C)Cc3c(Cl)cc(Cl)cc32)cc1. The summed E-state index contributed by atoms with van der Waals surface area (Å²) < 4.78 is 27.6. The van der Waals surface area contributed by atoms with Crippen LogP contribution in [0.15, 0.2) is 41.3 Å². The van der Waals surface area contributed by atoms with Crippen molar-refractivity contribution in [3.8, 4) is 0 Å². The summed E-state index contributed by atoms with van der Waals surface area (Å²) in [5, 5.41) is 1.30. The van der Waals surface area contributed by atoms with Gasteiger partial charge in [-0.15, -0.1) is 0 Å². The van der Waals surface area contributed by atoms with E-state index in [1.165, 1.54) is 0 Å². The lowest BCUT2D eigenvalue weighted by molar-refractivity contribution is 0.295. The summed E-state index contributed by atoms with van der Waals surface area (Å²) in [6.07, 6.45) is 1.59. The molecule has 0 saturated heterocycles. The quantitative estimate of drug-likeness (QED) is 0.563. The first-order chi connectivity index (χ1) is 13.8. The Morgan fingerprint density at radius 2 is 1.69 bits per heavy atom. The molecule has 2 aromatic carbocycles. The maximum Gasteiger partial charge on any atom is 0.243 e. The molecule has 0 bridgehead atoms. The van der Waals surface area contributed by atoms with Gasteiger partial charge in [0.05, 0.1) is 4.90 Å². The van der Waals surface area contributed by atoms with E-state index in [0.717, 1.165) is 42.6 Å². The molecule has 1 atom stereocenters. The zero-order chi connectivity index (χ0) is 21.2. The van der Waals surface area contributed by atoms with Gasteiger partial charge in [0.1, 0.15) is 0 Å². The Morgan fingerprint density at radius 1 is 1.07 bits per heavy atom. The average molecular weight is 455 g/mol. The Balaban J connectivity index is 1.95. The third-order valence-corrected chi connectivity index (χ3v) is 7.83. The predicted molar refractivity (Wildman–Crippen MR) is 120 cm³/mol. The molecule has 0 fully saturated rings. The summed E-state index contributed by atoms with van der Waals surface area (Å²) in [6.45, 7) is 6.67. The molecule has 0 N–H and O–H groups in total. The molecule has 0 saturated carbocycles. The molecule has 7 heteroatoms. The van der Waals surface area contributed by atoms with Crippen molar-refractivity contribution in [3.05, 3.63) is 63.1 Å². The fourth-order valence-corrected chi connectivity index (χ4v) is 6.20. The fourth-order valence-electron chi connectivity index (χ4n) is 4.00. The Bertz CT molecular complexity index is 956. The summed E-state index contributed by atoms with van der Waals surface area (Å²) in [7, 11) is -1.41. The van der Waals surface area contributed by atoms with Gasteiger partial charge in [-0.2, -0.15) is 4.31 Å². The van der Waals surface area contributed by atoms with E-state index >= 15 is 0 Å². The Morgan fingerprint density at radius 3 is 2.28 bits per heavy atom. The van der Waals surface area contributed by atoms with Gasteiger partial charge in [-0.1, -0.05) is 49.2 Å². The lowest BCUT2D eigenvalue weighted by Crippen LogP contribution is -2.33. The summed E-state index contributed by atoms with van der Waals surface area (Å²) in [5.41, 5.74) is 3.27. The molecular weight excluding hydrogens is 427 g/mol. The number of halogens is 2. The van der Waals surface area contributed by atoms with E-state index in [1.807, 2.05) is 32.0 Å². The summed E-state index contributed by atoms with van der Waals surface area (Å²) in [5.74, 6) is 0.0964. The van der Waals surface area contributed by atoms with Crippen LogP contribution in [0.25, 0.3) is 0 Å². The van der Waals surface area contributed by atoms with Crippen molar-refractivity contribution in [1.82, 2.24) is 9.21 Å². The fraction of sp³-hybridized carbons (Fsp3) is 0.455. The molecule has 1 aliphatic heterocycles. The molecule has 1 heterocycles. The van der Waals surface area contributed by atoms with Crippen molar-refractivity contribution in [1.29, 1.82) is 0 Å². The number of benzene rings is 2. The minimum Gasteiger partial charge on any atom is -0.301 e. The van der Waals surface area contributed by atoms with Gasteiger partial charge in [-0.05, 0) is 60.8 Å². The number of nitrogens with zero attached hydrogens (tertiary/aromatic N) is 2. The van der Waals surface area contributed by atoms with E-state index in [9.17, 15) is 8.42 Å². The van der Waals surface area contributed by atoms with Crippen molar-refractivity contribution >= 4 is 33.2 Å². The highest BCUT2D eigenvalue weighted by atomic mass is 35.5.